The molecule has 7 nitrogen and oxygen atoms in total. The highest BCUT2D eigenvalue weighted by molar-refractivity contribution is 5.51. The van der Waals surface area contributed by atoms with Crippen LogP contribution in [0.1, 0.15) is 18.4 Å². The summed E-state index contributed by atoms with van der Waals surface area (Å²) in [6, 6.07) is 5.88. The first-order valence-electron chi connectivity index (χ1n) is 9.54. The Bertz CT molecular complexity index is 756. The third-order valence-electron chi connectivity index (χ3n) is 4.97. The molecule has 0 saturated carbocycles. The van der Waals surface area contributed by atoms with Gasteiger partial charge in [-0.25, -0.2) is 9.97 Å². The van der Waals surface area contributed by atoms with Crippen molar-refractivity contribution in [3.05, 3.63) is 36.2 Å². The van der Waals surface area contributed by atoms with Crippen LogP contribution >= 0.6 is 0 Å². The minimum absolute atomic E-state index is 0.680. The lowest BCUT2D eigenvalue weighted by Gasteiger charge is -2.23. The van der Waals surface area contributed by atoms with Crippen molar-refractivity contribution in [2.24, 2.45) is 0 Å². The van der Waals surface area contributed by atoms with Gasteiger partial charge in [0.15, 0.2) is 11.5 Å². The molecule has 2 aromatic rings. The summed E-state index contributed by atoms with van der Waals surface area (Å²) in [7, 11) is 1.71. The molecule has 0 bridgehead atoms. The predicted molar refractivity (Wildman–Crippen MR) is 103 cm³/mol. The van der Waals surface area contributed by atoms with Crippen LogP contribution in [0, 0.1) is 0 Å². The first-order chi connectivity index (χ1) is 13.3. The van der Waals surface area contributed by atoms with Gasteiger partial charge in [0.05, 0.1) is 20.3 Å². The van der Waals surface area contributed by atoms with E-state index < -0.39 is 0 Å². The molecule has 2 aliphatic rings. The average Bonchev–Trinajstić information content (AvgIpc) is 3.08. The summed E-state index contributed by atoms with van der Waals surface area (Å²) in [5, 5.41) is 0. The fourth-order valence-corrected chi connectivity index (χ4v) is 3.57. The highest BCUT2D eigenvalue weighted by atomic mass is 16.5. The molecule has 27 heavy (non-hydrogen) atoms. The third-order valence-corrected chi connectivity index (χ3v) is 4.97. The van der Waals surface area contributed by atoms with Gasteiger partial charge in [0.25, 0.3) is 0 Å². The molecule has 1 aromatic carbocycles. The van der Waals surface area contributed by atoms with Crippen LogP contribution in [0.3, 0.4) is 0 Å². The molecule has 0 aliphatic carbocycles. The minimum Gasteiger partial charge on any atom is -0.496 e. The van der Waals surface area contributed by atoms with Gasteiger partial charge < -0.3 is 19.1 Å². The molecule has 0 N–H and O–H groups in total. The van der Waals surface area contributed by atoms with E-state index in [-0.39, 0.29) is 0 Å². The number of nitrogens with zero attached hydrogens (tertiary/aromatic N) is 4. The smallest absolute Gasteiger partial charge is 0.225 e. The van der Waals surface area contributed by atoms with E-state index in [0.29, 0.717) is 13.2 Å². The minimum atomic E-state index is 0.680. The Morgan fingerprint density at radius 1 is 0.963 bits per heavy atom. The van der Waals surface area contributed by atoms with Gasteiger partial charge in [0, 0.05) is 63.2 Å². The maximum absolute atomic E-state index is 5.85. The zero-order chi connectivity index (χ0) is 18.5. The Labute approximate surface area is 159 Å². The van der Waals surface area contributed by atoms with Gasteiger partial charge in [-0.15, -0.1) is 0 Å². The lowest BCUT2D eigenvalue weighted by atomic mass is 10.1. The molecule has 3 heterocycles. The van der Waals surface area contributed by atoms with E-state index in [4.69, 9.17) is 14.2 Å². The summed E-state index contributed by atoms with van der Waals surface area (Å²) in [6.07, 6.45) is 5.57. The molecule has 2 aliphatic heterocycles. The third kappa shape index (κ3) is 4.24. The number of anilines is 1. The largest absolute Gasteiger partial charge is 0.496 e. The van der Waals surface area contributed by atoms with Crippen molar-refractivity contribution >= 4 is 5.95 Å². The van der Waals surface area contributed by atoms with Crippen molar-refractivity contribution in [3.8, 4) is 17.2 Å². The SMILES string of the molecule is COc1cc2c(cc1CN1CCCN(c3ncccn3)CC1)OCCCO2. The van der Waals surface area contributed by atoms with Crippen molar-refractivity contribution in [1.82, 2.24) is 14.9 Å². The van der Waals surface area contributed by atoms with Gasteiger partial charge >= 0.3 is 0 Å². The summed E-state index contributed by atoms with van der Waals surface area (Å²) in [5.41, 5.74) is 1.13. The van der Waals surface area contributed by atoms with Crippen LogP contribution in [0.15, 0.2) is 30.6 Å². The Kier molecular flexibility index (Phi) is 5.58. The summed E-state index contributed by atoms with van der Waals surface area (Å²) >= 11 is 0. The average molecular weight is 370 g/mol. The van der Waals surface area contributed by atoms with Crippen molar-refractivity contribution in [3.63, 3.8) is 0 Å². The van der Waals surface area contributed by atoms with Gasteiger partial charge in [-0.05, 0) is 18.6 Å². The first-order valence-corrected chi connectivity index (χ1v) is 9.54. The van der Waals surface area contributed by atoms with Crippen LogP contribution in [0.2, 0.25) is 0 Å². The van der Waals surface area contributed by atoms with Gasteiger partial charge in [-0.1, -0.05) is 0 Å². The van der Waals surface area contributed by atoms with Crippen molar-refractivity contribution in [1.29, 1.82) is 0 Å². The standard InChI is InChI=1S/C20H26N4O3/c1-25-17-14-19-18(26-11-4-12-27-19)13-16(17)15-23-7-3-8-24(10-9-23)20-21-5-2-6-22-20/h2,5-6,13-14H,3-4,7-12,15H2,1H3. The van der Waals surface area contributed by atoms with Crippen LogP contribution in [0.4, 0.5) is 5.95 Å². The zero-order valence-corrected chi connectivity index (χ0v) is 15.8. The number of ether oxygens (including phenoxy) is 3. The molecular formula is C20H26N4O3. The monoisotopic (exact) mass is 370 g/mol. The Hall–Kier alpha value is -2.54. The summed E-state index contributed by atoms with van der Waals surface area (Å²) < 4.78 is 17.3. The number of methoxy groups -OCH3 is 1. The summed E-state index contributed by atoms with van der Waals surface area (Å²) in [5.74, 6) is 3.26. The first kappa shape index (κ1) is 17.9. The number of aromatic nitrogens is 2. The van der Waals surface area contributed by atoms with E-state index in [0.717, 1.165) is 74.3 Å². The lowest BCUT2D eigenvalue weighted by molar-refractivity contribution is 0.277. The van der Waals surface area contributed by atoms with Crippen LogP contribution in [-0.4, -0.2) is 61.4 Å². The number of rotatable bonds is 4. The van der Waals surface area contributed by atoms with E-state index >= 15 is 0 Å². The van der Waals surface area contributed by atoms with Crippen LogP contribution in [-0.2, 0) is 6.54 Å². The second-order valence-corrected chi connectivity index (χ2v) is 6.83. The maximum Gasteiger partial charge on any atom is 0.225 e. The highest BCUT2D eigenvalue weighted by Gasteiger charge is 2.20. The van der Waals surface area contributed by atoms with Crippen LogP contribution < -0.4 is 19.1 Å². The topological polar surface area (TPSA) is 60.0 Å². The number of hydrogen-bond acceptors (Lipinski definition) is 7. The predicted octanol–water partition coefficient (Wildman–Crippen LogP) is 2.36. The normalized spacial score (nSPS) is 17.9. The molecule has 0 spiro atoms. The molecule has 1 fully saturated rings. The molecule has 0 unspecified atom stereocenters. The number of benzene rings is 1. The van der Waals surface area contributed by atoms with Gasteiger partial charge in [-0.2, -0.15) is 0 Å². The Balaban J connectivity index is 1.46. The fraction of sp³-hybridized carbons (Fsp3) is 0.500. The van der Waals surface area contributed by atoms with Crippen molar-refractivity contribution in [2.45, 2.75) is 19.4 Å². The lowest BCUT2D eigenvalue weighted by Crippen LogP contribution is -2.31. The molecule has 7 heteroatoms. The zero-order valence-electron chi connectivity index (χ0n) is 15.8. The van der Waals surface area contributed by atoms with Crippen LogP contribution in [0.5, 0.6) is 17.2 Å². The number of fused-ring (bicyclic) bond motifs is 1. The maximum atomic E-state index is 5.85. The molecular weight excluding hydrogens is 344 g/mol. The highest BCUT2D eigenvalue weighted by Crippen LogP contribution is 2.37. The molecule has 0 amide bonds. The molecule has 4 rings (SSSR count). The second-order valence-electron chi connectivity index (χ2n) is 6.83. The summed E-state index contributed by atoms with van der Waals surface area (Å²) in [6.45, 7) is 6.06. The van der Waals surface area contributed by atoms with Crippen molar-refractivity contribution < 1.29 is 14.2 Å². The number of hydrogen-bond donors (Lipinski definition) is 0. The quantitative estimate of drug-likeness (QED) is 0.819. The van der Waals surface area contributed by atoms with Gasteiger partial charge in [0.2, 0.25) is 5.95 Å². The van der Waals surface area contributed by atoms with Crippen molar-refractivity contribution in [2.75, 3.05) is 51.4 Å². The van der Waals surface area contributed by atoms with E-state index in [1.807, 2.05) is 12.1 Å². The molecule has 0 atom stereocenters. The molecule has 144 valence electrons. The second kappa shape index (κ2) is 8.43. The van der Waals surface area contributed by atoms with E-state index in [1.54, 1.807) is 19.5 Å². The Morgan fingerprint density at radius 3 is 2.52 bits per heavy atom. The Morgan fingerprint density at radius 2 is 1.74 bits per heavy atom. The summed E-state index contributed by atoms with van der Waals surface area (Å²) in [4.78, 5) is 13.5. The molecule has 0 radical (unpaired) electrons. The molecule has 1 aromatic heterocycles. The van der Waals surface area contributed by atoms with Gasteiger partial charge in [0.1, 0.15) is 5.75 Å². The van der Waals surface area contributed by atoms with Gasteiger partial charge in [-0.3, -0.25) is 4.90 Å². The van der Waals surface area contributed by atoms with E-state index in [2.05, 4.69) is 25.8 Å². The fourth-order valence-electron chi connectivity index (χ4n) is 3.57. The molecule has 1 saturated heterocycles. The van der Waals surface area contributed by atoms with Crippen LogP contribution in [0.25, 0.3) is 0 Å². The van der Waals surface area contributed by atoms with E-state index in [9.17, 15) is 0 Å². The van der Waals surface area contributed by atoms with E-state index in [1.165, 1.54) is 0 Å².